The molecule has 0 aliphatic heterocycles. The molecule has 0 aliphatic rings. The lowest BCUT2D eigenvalue weighted by Crippen LogP contribution is -2.51. The highest BCUT2D eigenvalue weighted by Gasteiger charge is 2.31. The van der Waals surface area contributed by atoms with Gasteiger partial charge in [0.15, 0.2) is 0 Å². The van der Waals surface area contributed by atoms with Gasteiger partial charge < -0.3 is 10.1 Å². The van der Waals surface area contributed by atoms with Gasteiger partial charge in [-0.05, 0) is 25.3 Å². The minimum atomic E-state index is -0.650. The quantitative estimate of drug-likeness (QED) is 0.822. The second-order valence-corrected chi connectivity index (χ2v) is 6.28. The number of rotatable bonds is 5. The van der Waals surface area contributed by atoms with Gasteiger partial charge in [0, 0.05) is 16.8 Å². The summed E-state index contributed by atoms with van der Waals surface area (Å²) in [5.41, 5.74) is -0.636. The summed E-state index contributed by atoms with van der Waals surface area (Å²) in [6, 6.07) is 4.17. The third-order valence-corrected chi connectivity index (χ3v) is 4.09. The van der Waals surface area contributed by atoms with E-state index in [9.17, 15) is 4.79 Å². The van der Waals surface area contributed by atoms with Gasteiger partial charge in [-0.25, -0.2) is 0 Å². The van der Waals surface area contributed by atoms with Gasteiger partial charge in [0.1, 0.15) is 5.54 Å². The highest BCUT2D eigenvalue weighted by Crippen LogP contribution is 2.27. The maximum absolute atomic E-state index is 11.6. The molecule has 0 unspecified atom stereocenters. The fourth-order valence-corrected chi connectivity index (χ4v) is 2.37. The van der Waals surface area contributed by atoms with E-state index in [4.69, 9.17) is 4.74 Å². The third-order valence-electron chi connectivity index (χ3n) is 2.86. The van der Waals surface area contributed by atoms with E-state index in [-0.39, 0.29) is 11.4 Å². The van der Waals surface area contributed by atoms with Gasteiger partial charge >= 0.3 is 5.97 Å². The predicted molar refractivity (Wildman–Crippen MR) is 71.4 cm³/mol. The van der Waals surface area contributed by atoms with Gasteiger partial charge in [0.2, 0.25) is 0 Å². The molecule has 0 spiro atoms. The Morgan fingerprint density at radius 3 is 2.53 bits per heavy atom. The lowest BCUT2D eigenvalue weighted by atomic mass is 9.90. The molecule has 1 rings (SSSR count). The molecule has 0 aliphatic carbocycles. The van der Waals surface area contributed by atoms with Gasteiger partial charge in [0.05, 0.1) is 7.11 Å². The highest BCUT2D eigenvalue weighted by molar-refractivity contribution is 7.10. The summed E-state index contributed by atoms with van der Waals surface area (Å²) in [4.78, 5) is 12.9. The zero-order valence-corrected chi connectivity index (χ0v) is 12.0. The molecule has 96 valence electrons. The van der Waals surface area contributed by atoms with Crippen molar-refractivity contribution in [3.63, 3.8) is 0 Å². The van der Waals surface area contributed by atoms with Gasteiger partial charge in [-0.3, -0.25) is 4.79 Å². The van der Waals surface area contributed by atoms with Crippen LogP contribution in [0.2, 0.25) is 0 Å². The molecular weight excluding hydrogens is 234 g/mol. The van der Waals surface area contributed by atoms with E-state index in [2.05, 4.69) is 30.6 Å². The van der Waals surface area contributed by atoms with Crippen LogP contribution in [0.4, 0.5) is 0 Å². The summed E-state index contributed by atoms with van der Waals surface area (Å²) >= 11 is 1.74. The van der Waals surface area contributed by atoms with Crippen molar-refractivity contribution in [2.24, 2.45) is 0 Å². The van der Waals surface area contributed by atoms with E-state index in [1.54, 1.807) is 11.3 Å². The average molecular weight is 255 g/mol. The fraction of sp³-hybridized carbons (Fsp3) is 0.615. The third kappa shape index (κ3) is 3.54. The molecule has 0 atom stereocenters. The summed E-state index contributed by atoms with van der Waals surface area (Å²) < 4.78 is 4.77. The minimum absolute atomic E-state index is 0.0134. The van der Waals surface area contributed by atoms with Crippen LogP contribution in [-0.4, -0.2) is 25.2 Å². The topological polar surface area (TPSA) is 38.3 Å². The lowest BCUT2D eigenvalue weighted by molar-refractivity contribution is -0.147. The molecule has 1 N–H and O–H groups in total. The number of carbonyl (C=O) groups excluding carboxylic acids is 1. The zero-order chi connectivity index (χ0) is 13.1. The molecule has 17 heavy (non-hydrogen) atoms. The minimum Gasteiger partial charge on any atom is -0.468 e. The van der Waals surface area contributed by atoms with E-state index < -0.39 is 5.54 Å². The zero-order valence-electron chi connectivity index (χ0n) is 11.2. The smallest absolute Gasteiger partial charge is 0.325 e. The molecule has 3 nitrogen and oxygen atoms in total. The van der Waals surface area contributed by atoms with E-state index in [1.165, 1.54) is 12.0 Å². The number of ether oxygens (including phenoxy) is 1. The van der Waals surface area contributed by atoms with Gasteiger partial charge in [-0.2, -0.15) is 0 Å². The summed E-state index contributed by atoms with van der Waals surface area (Å²) in [5.74, 6) is -0.237. The Labute approximate surface area is 107 Å². The highest BCUT2D eigenvalue weighted by atomic mass is 32.1. The Hall–Kier alpha value is -0.870. The molecule has 0 fully saturated rings. The maximum Gasteiger partial charge on any atom is 0.325 e. The normalized spacial score (nSPS) is 12.5. The maximum atomic E-state index is 11.6. The van der Waals surface area contributed by atoms with Crippen LogP contribution in [-0.2, 0) is 14.9 Å². The van der Waals surface area contributed by atoms with Crippen molar-refractivity contribution in [2.75, 3.05) is 13.7 Å². The first kappa shape index (κ1) is 14.2. The molecule has 4 heteroatoms. The summed E-state index contributed by atoms with van der Waals surface area (Å²) in [5, 5.41) is 5.34. The molecule has 1 aromatic heterocycles. The molecule has 0 radical (unpaired) electrons. The second kappa shape index (κ2) is 5.19. The Morgan fingerprint density at radius 1 is 1.41 bits per heavy atom. The van der Waals surface area contributed by atoms with Crippen LogP contribution in [0.5, 0.6) is 0 Å². The van der Waals surface area contributed by atoms with Crippen molar-refractivity contribution in [2.45, 2.75) is 38.6 Å². The van der Waals surface area contributed by atoms with Crippen molar-refractivity contribution in [3.8, 4) is 0 Å². The average Bonchev–Trinajstić information content (AvgIpc) is 2.79. The van der Waals surface area contributed by atoms with Gasteiger partial charge in [-0.15, -0.1) is 11.3 Å². The summed E-state index contributed by atoms with van der Waals surface area (Å²) in [6.45, 7) is 8.74. The fourth-order valence-electron chi connectivity index (χ4n) is 1.52. The van der Waals surface area contributed by atoms with Crippen LogP contribution in [0.1, 0.15) is 32.6 Å². The summed E-state index contributed by atoms with van der Waals surface area (Å²) in [6.07, 6.45) is 0. The Morgan fingerprint density at radius 2 is 2.06 bits per heavy atom. The molecular formula is C13H21NO2S. The number of nitrogens with one attached hydrogen (secondary N) is 1. The molecule has 0 saturated carbocycles. The van der Waals surface area contributed by atoms with Crippen molar-refractivity contribution >= 4 is 17.3 Å². The van der Waals surface area contributed by atoms with E-state index in [1.807, 2.05) is 19.9 Å². The number of carbonyl (C=O) groups is 1. The van der Waals surface area contributed by atoms with Crippen molar-refractivity contribution < 1.29 is 9.53 Å². The standard InChI is InChI=1S/C13H21NO2S/c1-12(2,10-7-6-8-17-10)9-14-13(3,4)11(15)16-5/h6-8,14H,9H2,1-5H3. The largest absolute Gasteiger partial charge is 0.468 e. The predicted octanol–water partition coefficient (Wildman–Crippen LogP) is 2.57. The molecule has 0 bridgehead atoms. The van der Waals surface area contributed by atoms with Crippen LogP contribution in [0.3, 0.4) is 0 Å². The Bertz CT molecular complexity index is 369. The van der Waals surface area contributed by atoms with Crippen molar-refractivity contribution in [1.82, 2.24) is 5.32 Å². The van der Waals surface area contributed by atoms with Crippen LogP contribution in [0.25, 0.3) is 0 Å². The number of esters is 1. The summed E-state index contributed by atoms with van der Waals surface area (Å²) in [7, 11) is 1.41. The number of hydrogen-bond donors (Lipinski definition) is 1. The van der Waals surface area contributed by atoms with Gasteiger partial charge in [-0.1, -0.05) is 19.9 Å². The van der Waals surface area contributed by atoms with Crippen LogP contribution < -0.4 is 5.32 Å². The Kier molecular flexibility index (Phi) is 4.33. The number of methoxy groups -OCH3 is 1. The Balaban J connectivity index is 2.64. The SMILES string of the molecule is COC(=O)C(C)(C)NCC(C)(C)c1cccs1. The van der Waals surface area contributed by atoms with E-state index >= 15 is 0 Å². The van der Waals surface area contributed by atoms with E-state index in [0.717, 1.165) is 6.54 Å². The number of hydrogen-bond acceptors (Lipinski definition) is 4. The van der Waals surface area contributed by atoms with Crippen LogP contribution >= 0.6 is 11.3 Å². The van der Waals surface area contributed by atoms with E-state index in [0.29, 0.717) is 0 Å². The first-order valence-corrected chi connectivity index (χ1v) is 6.55. The second-order valence-electron chi connectivity index (χ2n) is 5.33. The first-order chi connectivity index (χ1) is 7.79. The van der Waals surface area contributed by atoms with Crippen LogP contribution in [0, 0.1) is 0 Å². The van der Waals surface area contributed by atoms with Crippen molar-refractivity contribution in [1.29, 1.82) is 0 Å². The molecule has 0 amide bonds. The first-order valence-electron chi connectivity index (χ1n) is 5.67. The molecule has 1 aromatic rings. The van der Waals surface area contributed by atoms with Gasteiger partial charge in [0.25, 0.3) is 0 Å². The molecule has 1 heterocycles. The van der Waals surface area contributed by atoms with Crippen LogP contribution in [0.15, 0.2) is 17.5 Å². The number of thiophene rings is 1. The lowest BCUT2D eigenvalue weighted by Gasteiger charge is -2.30. The monoisotopic (exact) mass is 255 g/mol. The molecule has 0 aromatic carbocycles. The van der Waals surface area contributed by atoms with Crippen molar-refractivity contribution in [3.05, 3.63) is 22.4 Å². The molecule has 0 saturated heterocycles.